The molecular weight excluding hydrogens is 755 g/mol. The van der Waals surface area contributed by atoms with Crippen molar-refractivity contribution >= 4 is 11.9 Å². The predicted octanol–water partition coefficient (Wildman–Crippen LogP) is 16.1. The van der Waals surface area contributed by atoms with Gasteiger partial charge in [0.25, 0.3) is 0 Å². The molecule has 0 aromatic carbocycles. The first kappa shape index (κ1) is 59.1. The maximum absolute atomic E-state index is 12.4. The number of carbonyl (C=O) groups is 2. The summed E-state index contributed by atoms with van der Waals surface area (Å²) >= 11 is 0. The number of esters is 1. The summed E-state index contributed by atoms with van der Waals surface area (Å²) < 4.78 is 5.41. The van der Waals surface area contributed by atoms with Gasteiger partial charge in [0, 0.05) is 12.8 Å². The zero-order valence-corrected chi connectivity index (χ0v) is 40.6. The lowest BCUT2D eigenvalue weighted by atomic mass is 10.0. The van der Waals surface area contributed by atoms with E-state index in [0.717, 1.165) is 83.5 Å². The van der Waals surface area contributed by atoms with Crippen LogP contribution in [-0.2, 0) is 14.3 Å². The highest BCUT2D eigenvalue weighted by atomic mass is 16.5. The van der Waals surface area contributed by atoms with Gasteiger partial charge < -0.3 is 20.3 Å². The monoisotopic (exact) mass is 858 g/mol. The lowest BCUT2D eigenvalue weighted by Crippen LogP contribution is -2.45. The average molecular weight is 858 g/mol. The molecule has 6 nitrogen and oxygen atoms in total. The van der Waals surface area contributed by atoms with Gasteiger partial charge in [-0.1, -0.05) is 224 Å². The smallest absolute Gasteiger partial charge is 0.305 e. The second kappa shape index (κ2) is 50.7. The van der Waals surface area contributed by atoms with Gasteiger partial charge in [-0.05, 0) is 77.0 Å². The fraction of sp³-hybridized carbons (Fsp3) is 0.855. The molecule has 2 unspecified atom stereocenters. The fourth-order valence-corrected chi connectivity index (χ4v) is 7.96. The molecular formula is C55H103NO5. The Hall–Kier alpha value is -1.92. The summed E-state index contributed by atoms with van der Waals surface area (Å²) in [7, 11) is 0. The summed E-state index contributed by atoms with van der Waals surface area (Å²) in [5.74, 6) is -0.141. The average Bonchev–Trinajstić information content (AvgIpc) is 3.26. The Morgan fingerprint density at radius 2 is 0.787 bits per heavy atom. The van der Waals surface area contributed by atoms with E-state index in [9.17, 15) is 19.8 Å². The summed E-state index contributed by atoms with van der Waals surface area (Å²) in [5.41, 5.74) is 0. The van der Waals surface area contributed by atoms with E-state index in [0.29, 0.717) is 19.4 Å². The van der Waals surface area contributed by atoms with E-state index in [1.54, 1.807) is 6.08 Å². The number of aliphatic hydroxyl groups is 2. The third kappa shape index (κ3) is 47.4. The van der Waals surface area contributed by atoms with E-state index in [4.69, 9.17) is 4.74 Å². The number of unbranched alkanes of at least 4 members (excludes halogenated alkanes) is 34. The normalized spacial score (nSPS) is 12.9. The van der Waals surface area contributed by atoms with Crippen LogP contribution in [0.15, 0.2) is 36.5 Å². The molecule has 0 radical (unpaired) electrons. The first-order valence-electron chi connectivity index (χ1n) is 26.8. The van der Waals surface area contributed by atoms with Crippen molar-refractivity contribution in [3.8, 4) is 0 Å². The van der Waals surface area contributed by atoms with Crippen LogP contribution in [-0.4, -0.2) is 47.4 Å². The van der Waals surface area contributed by atoms with Gasteiger partial charge in [0.15, 0.2) is 0 Å². The Morgan fingerprint density at radius 1 is 0.443 bits per heavy atom. The number of nitrogens with one attached hydrogen (secondary N) is 1. The van der Waals surface area contributed by atoms with Gasteiger partial charge in [-0.25, -0.2) is 0 Å². The van der Waals surface area contributed by atoms with E-state index in [1.807, 2.05) is 6.08 Å². The van der Waals surface area contributed by atoms with E-state index < -0.39 is 12.1 Å². The number of ether oxygens (including phenoxy) is 1. The molecule has 3 N–H and O–H groups in total. The van der Waals surface area contributed by atoms with E-state index in [-0.39, 0.29) is 18.5 Å². The summed E-state index contributed by atoms with van der Waals surface area (Å²) in [6, 6.07) is -0.650. The minimum atomic E-state index is -0.864. The molecule has 0 saturated carbocycles. The lowest BCUT2D eigenvalue weighted by molar-refractivity contribution is -0.143. The first-order chi connectivity index (χ1) is 30.0. The quantitative estimate of drug-likeness (QED) is 0.0322. The number of amides is 1. The summed E-state index contributed by atoms with van der Waals surface area (Å²) in [6.45, 7) is 4.79. The lowest BCUT2D eigenvalue weighted by Gasteiger charge is -2.20. The Morgan fingerprint density at radius 3 is 1.21 bits per heavy atom. The predicted molar refractivity (Wildman–Crippen MR) is 264 cm³/mol. The Balaban J connectivity index is 3.56. The number of hydrogen-bond donors (Lipinski definition) is 3. The highest BCUT2D eigenvalue weighted by Crippen LogP contribution is 2.16. The van der Waals surface area contributed by atoms with Crippen LogP contribution in [0.3, 0.4) is 0 Å². The Labute approximate surface area is 379 Å². The molecule has 6 heteroatoms. The highest BCUT2D eigenvalue weighted by molar-refractivity contribution is 5.76. The molecule has 0 aromatic heterocycles. The van der Waals surface area contributed by atoms with Crippen molar-refractivity contribution in [2.24, 2.45) is 0 Å². The molecule has 0 spiro atoms. The Kier molecular flexibility index (Phi) is 49.1. The minimum Gasteiger partial charge on any atom is -0.466 e. The molecule has 1 amide bonds. The molecule has 2 atom stereocenters. The van der Waals surface area contributed by atoms with Crippen LogP contribution in [0.25, 0.3) is 0 Å². The van der Waals surface area contributed by atoms with Crippen LogP contribution in [0.1, 0.15) is 277 Å². The maximum Gasteiger partial charge on any atom is 0.305 e. The molecule has 0 aliphatic rings. The molecule has 0 rings (SSSR count). The van der Waals surface area contributed by atoms with Crippen LogP contribution in [0.2, 0.25) is 0 Å². The van der Waals surface area contributed by atoms with Crippen LogP contribution in [0.4, 0.5) is 0 Å². The number of hydrogen-bond acceptors (Lipinski definition) is 5. The van der Waals surface area contributed by atoms with Gasteiger partial charge in [0.2, 0.25) is 5.91 Å². The molecule has 358 valence electrons. The molecule has 61 heavy (non-hydrogen) atoms. The van der Waals surface area contributed by atoms with Crippen LogP contribution in [0.5, 0.6) is 0 Å². The van der Waals surface area contributed by atoms with Crippen molar-refractivity contribution in [1.29, 1.82) is 0 Å². The summed E-state index contributed by atoms with van der Waals surface area (Å²) in [6.07, 6.45) is 61.6. The highest BCUT2D eigenvalue weighted by Gasteiger charge is 2.18. The number of rotatable bonds is 49. The zero-order chi connectivity index (χ0) is 44.4. The molecule has 0 bridgehead atoms. The van der Waals surface area contributed by atoms with Crippen LogP contribution < -0.4 is 5.32 Å². The molecule has 0 heterocycles. The SMILES string of the molecule is CCCC/C=C\CCCCCCCC(=O)OCCCC/C=C\CCCCCCCC(=O)NC(CO)C(O)/C=C/CCCCCCCCCCCCCCCCCCCCCC. The molecule has 0 aliphatic carbocycles. The molecule has 0 saturated heterocycles. The van der Waals surface area contributed by atoms with Gasteiger partial charge >= 0.3 is 5.97 Å². The standard InChI is InChI=1S/C55H103NO5/c1-3-5-7-9-11-13-15-16-17-18-19-20-21-22-23-24-25-28-31-35-39-43-47-53(58)52(51-57)56-54(59)48-44-40-36-32-29-26-30-34-38-42-46-50-61-55(60)49-45-41-37-33-27-14-12-10-8-6-4-2/h10,12,30,34,43,47,52-53,57-58H,3-9,11,13-29,31-33,35-42,44-46,48-51H2,1-2H3,(H,56,59)/b12-10-,34-30-,47-43+. The Bertz CT molecular complexity index is 993. The number of carbonyl (C=O) groups excluding carboxylic acids is 2. The van der Waals surface area contributed by atoms with Crippen molar-refractivity contribution in [2.45, 2.75) is 289 Å². The fourth-order valence-electron chi connectivity index (χ4n) is 7.96. The number of aliphatic hydroxyl groups excluding tert-OH is 2. The zero-order valence-electron chi connectivity index (χ0n) is 40.6. The third-order valence-corrected chi connectivity index (χ3v) is 12.1. The van der Waals surface area contributed by atoms with Crippen molar-refractivity contribution in [3.05, 3.63) is 36.5 Å². The summed E-state index contributed by atoms with van der Waals surface area (Å²) in [5, 5.41) is 23.1. The van der Waals surface area contributed by atoms with Crippen LogP contribution >= 0.6 is 0 Å². The molecule has 0 fully saturated rings. The van der Waals surface area contributed by atoms with Gasteiger partial charge in [-0.3, -0.25) is 9.59 Å². The van der Waals surface area contributed by atoms with Gasteiger partial charge in [-0.15, -0.1) is 0 Å². The minimum absolute atomic E-state index is 0.0442. The second-order valence-corrected chi connectivity index (χ2v) is 18.2. The number of allylic oxidation sites excluding steroid dienone is 5. The van der Waals surface area contributed by atoms with E-state index in [2.05, 4.69) is 43.5 Å². The maximum atomic E-state index is 12.4. The van der Waals surface area contributed by atoms with E-state index >= 15 is 0 Å². The summed E-state index contributed by atoms with van der Waals surface area (Å²) in [4.78, 5) is 24.4. The molecule has 0 aliphatic heterocycles. The van der Waals surface area contributed by atoms with Crippen molar-refractivity contribution in [2.75, 3.05) is 13.2 Å². The second-order valence-electron chi connectivity index (χ2n) is 18.2. The van der Waals surface area contributed by atoms with Crippen molar-refractivity contribution < 1.29 is 24.5 Å². The third-order valence-electron chi connectivity index (χ3n) is 12.1. The topological polar surface area (TPSA) is 95.9 Å². The van der Waals surface area contributed by atoms with Gasteiger partial charge in [0.05, 0.1) is 25.4 Å². The van der Waals surface area contributed by atoms with Gasteiger partial charge in [0.1, 0.15) is 0 Å². The van der Waals surface area contributed by atoms with Crippen molar-refractivity contribution in [3.63, 3.8) is 0 Å². The molecule has 0 aromatic rings. The van der Waals surface area contributed by atoms with Crippen molar-refractivity contribution in [1.82, 2.24) is 5.32 Å². The van der Waals surface area contributed by atoms with Crippen LogP contribution in [0, 0.1) is 0 Å². The van der Waals surface area contributed by atoms with E-state index in [1.165, 1.54) is 167 Å². The van der Waals surface area contributed by atoms with Gasteiger partial charge in [-0.2, -0.15) is 0 Å². The first-order valence-corrected chi connectivity index (χ1v) is 26.8. The largest absolute Gasteiger partial charge is 0.466 e.